The molecule has 5 aromatic heterocycles. The first kappa shape index (κ1) is 36.9. The van der Waals surface area contributed by atoms with Gasteiger partial charge in [0.05, 0.1) is 22.8 Å². The molecule has 0 saturated carbocycles. The third-order valence-corrected chi connectivity index (χ3v) is 7.43. The van der Waals surface area contributed by atoms with E-state index in [2.05, 4.69) is 44.2 Å². The largest absolute Gasteiger partial charge is 2.00 e. The van der Waals surface area contributed by atoms with Gasteiger partial charge in [0.2, 0.25) is 0 Å². The third kappa shape index (κ3) is 9.46. The van der Waals surface area contributed by atoms with Gasteiger partial charge in [0.1, 0.15) is 0 Å². The van der Waals surface area contributed by atoms with Gasteiger partial charge >= 0.3 is 42.1 Å². The SMILES string of the molecule is [Pt+2].[Pt+2].[c-]1cccc2oc3ccc[c-]c3c12.[c-]1ccccc1-c1cccc(-c2ccccn2)n1.[c-]1ccccc1-c1cccc(-c2ccccn2)n1. The molecule has 0 saturated heterocycles. The minimum atomic E-state index is 0. The number of benzene rings is 4. The van der Waals surface area contributed by atoms with Crippen molar-refractivity contribution >= 4 is 21.9 Å². The number of fused-ring (bicyclic) bond motifs is 3. The molecule has 0 unspecified atom stereocenters. The van der Waals surface area contributed by atoms with Crippen LogP contribution in [-0.4, -0.2) is 19.9 Å². The van der Waals surface area contributed by atoms with Crippen molar-refractivity contribution in [2.75, 3.05) is 0 Å². The fourth-order valence-corrected chi connectivity index (χ4v) is 5.11. The minimum absolute atomic E-state index is 0. The van der Waals surface area contributed by atoms with Crippen molar-refractivity contribution < 1.29 is 46.5 Å². The summed E-state index contributed by atoms with van der Waals surface area (Å²) in [6.07, 6.45) is 3.55. The number of hydrogen-bond donors (Lipinski definition) is 0. The van der Waals surface area contributed by atoms with E-state index in [9.17, 15) is 0 Å². The van der Waals surface area contributed by atoms with Gasteiger partial charge in [-0.2, -0.15) is 35.0 Å². The zero-order valence-electron chi connectivity index (χ0n) is 27.0. The average Bonchev–Trinajstić information content (AvgIpc) is 3.59. The zero-order valence-corrected chi connectivity index (χ0v) is 31.5. The van der Waals surface area contributed by atoms with Crippen LogP contribution >= 0.6 is 0 Å². The first-order chi connectivity index (χ1) is 24.3. The molecule has 4 aromatic carbocycles. The fourth-order valence-electron chi connectivity index (χ4n) is 5.11. The molecule has 0 radical (unpaired) electrons. The molecule has 5 heterocycles. The molecule has 0 aliphatic rings. The Hall–Kier alpha value is -5.34. The maximum atomic E-state index is 5.59. The molecule has 9 aromatic rings. The van der Waals surface area contributed by atoms with Gasteiger partial charge in [-0.05, 0) is 59.0 Å². The summed E-state index contributed by atoms with van der Waals surface area (Å²) in [5.41, 5.74) is 9.10. The molecular weight excluding hydrogens is 991 g/mol. The van der Waals surface area contributed by atoms with Crippen molar-refractivity contribution in [2.24, 2.45) is 0 Å². The van der Waals surface area contributed by atoms with Crippen molar-refractivity contribution in [1.82, 2.24) is 19.9 Å². The standard InChI is InChI=1S/2C16H11N2.C12H6O.2Pt/c2*1-2-7-13(8-3-1)14-10-6-11-16(18-14)15-9-4-5-12-17-15;1-3-7-11-9(5-1)10-6-2-4-8-12(10)13-11;;/h2*1-7,9-12H;1-4,7-8H;;/q2*-1;-2;2*+2. The smallest absolute Gasteiger partial charge is 0.564 e. The number of nitrogens with zero attached hydrogens (tertiary/aromatic N) is 4. The van der Waals surface area contributed by atoms with Gasteiger partial charge in [-0.3, -0.25) is 19.9 Å². The number of rotatable bonds is 4. The second-order valence-electron chi connectivity index (χ2n) is 10.7. The molecule has 0 aliphatic heterocycles. The molecule has 7 heteroatoms. The van der Waals surface area contributed by atoms with Crippen molar-refractivity contribution in [2.45, 2.75) is 0 Å². The summed E-state index contributed by atoms with van der Waals surface area (Å²) in [7, 11) is 0. The third-order valence-electron chi connectivity index (χ3n) is 7.43. The van der Waals surface area contributed by atoms with Crippen LogP contribution in [0.5, 0.6) is 0 Å². The normalized spacial score (nSPS) is 10.0. The van der Waals surface area contributed by atoms with Crippen LogP contribution in [0.25, 0.3) is 67.2 Å². The summed E-state index contributed by atoms with van der Waals surface area (Å²) in [6.45, 7) is 0. The summed E-state index contributed by atoms with van der Waals surface area (Å²) in [4.78, 5) is 17.9. The molecule has 250 valence electrons. The van der Waals surface area contributed by atoms with Gasteiger partial charge in [-0.25, -0.2) is 0 Å². The van der Waals surface area contributed by atoms with E-state index >= 15 is 0 Å². The zero-order chi connectivity index (χ0) is 33.1. The summed E-state index contributed by atoms with van der Waals surface area (Å²) >= 11 is 0. The summed E-state index contributed by atoms with van der Waals surface area (Å²) < 4.78 is 5.59. The Morgan fingerprint density at radius 1 is 0.353 bits per heavy atom. The molecule has 0 fully saturated rings. The maximum Gasteiger partial charge on any atom is 2.00 e. The Morgan fingerprint density at radius 3 is 1.18 bits per heavy atom. The first-order valence-corrected chi connectivity index (χ1v) is 15.7. The average molecular weight is 1020 g/mol. The molecule has 0 bridgehead atoms. The Balaban J connectivity index is 0.000000147. The van der Waals surface area contributed by atoms with Crippen LogP contribution in [-0.2, 0) is 42.1 Å². The van der Waals surface area contributed by atoms with Crippen LogP contribution in [0.3, 0.4) is 0 Å². The van der Waals surface area contributed by atoms with Gasteiger partial charge in [0, 0.05) is 12.4 Å². The van der Waals surface area contributed by atoms with Crippen molar-refractivity contribution in [3.05, 3.63) is 194 Å². The van der Waals surface area contributed by atoms with Crippen LogP contribution in [0.2, 0.25) is 0 Å². The number of pyridine rings is 4. The van der Waals surface area contributed by atoms with Crippen LogP contribution in [0, 0.1) is 24.3 Å². The van der Waals surface area contributed by atoms with Crippen LogP contribution in [0.15, 0.2) is 175 Å². The van der Waals surface area contributed by atoms with Crippen molar-refractivity contribution in [3.8, 4) is 45.3 Å². The minimum Gasteiger partial charge on any atom is -0.564 e. The van der Waals surface area contributed by atoms with Crippen LogP contribution in [0.4, 0.5) is 0 Å². The molecule has 0 atom stereocenters. The quantitative estimate of drug-likeness (QED) is 0.164. The predicted octanol–water partition coefficient (Wildman–Crippen LogP) is 10.4. The van der Waals surface area contributed by atoms with Crippen LogP contribution < -0.4 is 0 Å². The molecule has 0 spiro atoms. The van der Waals surface area contributed by atoms with E-state index < -0.39 is 0 Å². The monoisotopic (exact) mass is 1020 g/mol. The number of hydrogen-bond acceptors (Lipinski definition) is 5. The Labute approximate surface area is 326 Å². The maximum absolute atomic E-state index is 5.59. The Kier molecular flexibility index (Phi) is 13.5. The predicted molar refractivity (Wildman–Crippen MR) is 195 cm³/mol. The van der Waals surface area contributed by atoms with E-state index in [0.29, 0.717) is 0 Å². The van der Waals surface area contributed by atoms with Gasteiger partial charge in [0.15, 0.2) is 0 Å². The first-order valence-electron chi connectivity index (χ1n) is 15.7. The van der Waals surface area contributed by atoms with E-state index in [4.69, 9.17) is 4.42 Å². The Bertz CT molecular complexity index is 2110. The summed E-state index contributed by atoms with van der Waals surface area (Å²) in [6, 6.07) is 63.4. The molecule has 51 heavy (non-hydrogen) atoms. The molecule has 5 nitrogen and oxygen atoms in total. The van der Waals surface area contributed by atoms with Crippen molar-refractivity contribution in [3.63, 3.8) is 0 Å². The van der Waals surface area contributed by atoms with E-state index in [-0.39, 0.29) is 42.1 Å². The molecule has 9 rings (SSSR count). The van der Waals surface area contributed by atoms with E-state index in [0.717, 1.165) is 67.2 Å². The van der Waals surface area contributed by atoms with Gasteiger partial charge in [0.25, 0.3) is 0 Å². The topological polar surface area (TPSA) is 64.7 Å². The molecule has 0 aliphatic carbocycles. The van der Waals surface area contributed by atoms with E-state index in [1.807, 2.05) is 158 Å². The summed E-state index contributed by atoms with van der Waals surface area (Å²) in [5, 5.41) is 2.02. The van der Waals surface area contributed by atoms with Crippen molar-refractivity contribution in [1.29, 1.82) is 0 Å². The van der Waals surface area contributed by atoms with Crippen LogP contribution in [0.1, 0.15) is 0 Å². The van der Waals surface area contributed by atoms with E-state index in [1.165, 1.54) is 0 Å². The number of furan rings is 1. The van der Waals surface area contributed by atoms with E-state index in [1.54, 1.807) is 12.4 Å². The summed E-state index contributed by atoms with van der Waals surface area (Å²) in [5.74, 6) is 0. The van der Waals surface area contributed by atoms with Gasteiger partial charge in [-0.1, -0.05) is 36.4 Å². The molecule has 0 amide bonds. The number of aromatic nitrogens is 4. The fraction of sp³-hybridized carbons (Fsp3) is 0. The molecular formula is C44H28N4OPt2. The second kappa shape index (κ2) is 18.6. The second-order valence-corrected chi connectivity index (χ2v) is 10.7. The van der Waals surface area contributed by atoms with Gasteiger partial charge in [-0.15, -0.1) is 96.1 Å². The Morgan fingerprint density at radius 2 is 0.765 bits per heavy atom. The molecule has 0 N–H and O–H groups in total. The van der Waals surface area contributed by atoms with Gasteiger partial charge < -0.3 is 4.42 Å².